The van der Waals surface area contributed by atoms with Crippen molar-refractivity contribution >= 4 is 36.2 Å². The number of methoxy groups -OCH3 is 1. The fourth-order valence-electron chi connectivity index (χ4n) is 2.92. The Bertz CT molecular complexity index is 991. The van der Waals surface area contributed by atoms with Gasteiger partial charge in [-0.2, -0.15) is 4.31 Å². The van der Waals surface area contributed by atoms with Gasteiger partial charge in [-0.05, 0) is 77.4 Å². The number of hydrogen-bond donors (Lipinski definition) is 0. The van der Waals surface area contributed by atoms with Crippen molar-refractivity contribution in [1.29, 1.82) is 0 Å². The molecule has 27 heavy (non-hydrogen) atoms. The summed E-state index contributed by atoms with van der Waals surface area (Å²) in [4.78, 5) is 0.333. The second-order valence-electron chi connectivity index (χ2n) is 6.52. The fraction of sp³-hybridized carbons (Fsp3) is 0.238. The minimum absolute atomic E-state index is 0.333. The van der Waals surface area contributed by atoms with Crippen LogP contribution in [0.3, 0.4) is 0 Å². The largest absolute Gasteiger partial charge is 0.497 e. The van der Waals surface area contributed by atoms with Crippen LogP contribution >= 0.6 is 22.6 Å². The smallest absolute Gasteiger partial charge is 0.243 e. The molecular formula is C21H22INO3S. The van der Waals surface area contributed by atoms with Crippen LogP contribution in [0.25, 0.3) is 3.58 Å². The van der Waals surface area contributed by atoms with E-state index < -0.39 is 10.0 Å². The summed E-state index contributed by atoms with van der Waals surface area (Å²) in [5.41, 5.74) is 4.24. The van der Waals surface area contributed by atoms with Crippen LogP contribution < -0.4 is 4.74 Å². The van der Waals surface area contributed by atoms with Crippen LogP contribution in [0.5, 0.6) is 5.75 Å². The second-order valence-corrected chi connectivity index (χ2v) is 9.54. The molecule has 1 aliphatic rings. The van der Waals surface area contributed by atoms with Crippen molar-refractivity contribution < 1.29 is 13.2 Å². The number of benzene rings is 2. The fourth-order valence-corrected chi connectivity index (χ4v) is 5.23. The molecule has 0 aromatic heterocycles. The van der Waals surface area contributed by atoms with Crippen molar-refractivity contribution in [2.75, 3.05) is 20.2 Å². The number of rotatable bonds is 4. The van der Waals surface area contributed by atoms with Crippen LogP contribution in [-0.2, 0) is 10.0 Å². The van der Waals surface area contributed by atoms with E-state index in [1.54, 1.807) is 19.2 Å². The maximum Gasteiger partial charge on any atom is 0.243 e. The number of hydrogen-bond acceptors (Lipinski definition) is 3. The van der Waals surface area contributed by atoms with Gasteiger partial charge in [0.05, 0.1) is 12.0 Å². The molecule has 0 amide bonds. The molecule has 0 aliphatic carbocycles. The lowest BCUT2D eigenvalue weighted by atomic mass is 10.0. The topological polar surface area (TPSA) is 46.6 Å². The van der Waals surface area contributed by atoms with Gasteiger partial charge in [-0.25, -0.2) is 8.42 Å². The minimum atomic E-state index is -3.53. The zero-order chi connectivity index (χ0) is 19.6. The zero-order valence-corrected chi connectivity index (χ0v) is 18.5. The van der Waals surface area contributed by atoms with E-state index in [1.165, 1.54) is 4.31 Å². The summed E-state index contributed by atoms with van der Waals surface area (Å²) < 4.78 is 33.9. The molecule has 0 unspecified atom stereocenters. The number of sulfonamides is 1. The molecule has 0 saturated heterocycles. The van der Waals surface area contributed by atoms with Crippen LogP contribution in [0.4, 0.5) is 0 Å². The molecule has 1 aliphatic heterocycles. The maximum atomic E-state index is 13.0. The first kappa shape index (κ1) is 20.1. The first-order chi connectivity index (χ1) is 12.8. The third kappa shape index (κ3) is 4.28. The summed E-state index contributed by atoms with van der Waals surface area (Å²) in [5, 5.41) is 0. The SMILES string of the molecule is COc1ccc(/C(I)=C2\CN(S(=O)(=O)c3ccc(C)cc3)CC=C2C)cc1. The molecule has 1 heterocycles. The highest BCUT2D eigenvalue weighted by molar-refractivity contribution is 14.1. The lowest BCUT2D eigenvalue weighted by molar-refractivity contribution is 0.415. The molecule has 0 N–H and O–H groups in total. The number of aryl methyl sites for hydroxylation is 1. The van der Waals surface area contributed by atoms with Crippen LogP contribution in [0.15, 0.2) is 70.6 Å². The summed E-state index contributed by atoms with van der Waals surface area (Å²) in [6.07, 6.45) is 1.98. The molecule has 3 rings (SSSR count). The van der Waals surface area contributed by atoms with Crippen molar-refractivity contribution in [2.45, 2.75) is 18.7 Å². The van der Waals surface area contributed by atoms with Crippen LogP contribution in [0.1, 0.15) is 18.1 Å². The van der Waals surface area contributed by atoms with Crippen molar-refractivity contribution in [3.8, 4) is 5.75 Å². The standard InChI is InChI=1S/C21H22INO3S/c1-15-4-10-19(11-5-15)27(24,25)23-13-12-16(2)20(14-23)21(22)17-6-8-18(26-3)9-7-17/h4-12H,13-14H2,1-3H3/b21-20-. The molecule has 0 fully saturated rings. The van der Waals surface area contributed by atoms with Gasteiger partial charge < -0.3 is 4.74 Å². The van der Waals surface area contributed by atoms with E-state index in [-0.39, 0.29) is 0 Å². The van der Waals surface area contributed by atoms with E-state index in [4.69, 9.17) is 4.74 Å². The molecule has 0 saturated carbocycles. The van der Waals surface area contributed by atoms with Crippen molar-refractivity contribution in [3.05, 3.63) is 76.9 Å². The van der Waals surface area contributed by atoms with Gasteiger partial charge in [0.2, 0.25) is 10.0 Å². The van der Waals surface area contributed by atoms with Crippen LogP contribution in [0, 0.1) is 6.92 Å². The molecule has 0 spiro atoms. The predicted octanol–water partition coefficient (Wildman–Crippen LogP) is 4.80. The Morgan fingerprint density at radius 1 is 1.04 bits per heavy atom. The van der Waals surface area contributed by atoms with E-state index in [2.05, 4.69) is 22.6 Å². The Morgan fingerprint density at radius 3 is 2.26 bits per heavy atom. The Labute approximate surface area is 174 Å². The number of halogens is 1. The molecule has 0 radical (unpaired) electrons. The van der Waals surface area contributed by atoms with Crippen molar-refractivity contribution in [2.24, 2.45) is 0 Å². The van der Waals surface area contributed by atoms with E-state index in [0.717, 1.165) is 31.6 Å². The molecule has 0 atom stereocenters. The highest BCUT2D eigenvalue weighted by Gasteiger charge is 2.28. The highest BCUT2D eigenvalue weighted by atomic mass is 127. The average molecular weight is 495 g/mol. The molecule has 6 heteroatoms. The third-order valence-corrected chi connectivity index (χ3v) is 7.78. The number of ether oxygens (including phenoxy) is 1. The first-order valence-corrected chi connectivity index (χ1v) is 11.1. The van der Waals surface area contributed by atoms with E-state index >= 15 is 0 Å². The maximum absolute atomic E-state index is 13.0. The van der Waals surface area contributed by atoms with Gasteiger partial charge in [-0.15, -0.1) is 0 Å². The summed E-state index contributed by atoms with van der Waals surface area (Å²) in [5.74, 6) is 0.799. The molecule has 142 valence electrons. The van der Waals surface area contributed by atoms with Gasteiger partial charge in [-0.3, -0.25) is 0 Å². The van der Waals surface area contributed by atoms with E-state index in [1.807, 2.05) is 56.3 Å². The van der Waals surface area contributed by atoms with Crippen LogP contribution in [0.2, 0.25) is 0 Å². The first-order valence-electron chi connectivity index (χ1n) is 8.60. The van der Waals surface area contributed by atoms with Gasteiger partial charge >= 0.3 is 0 Å². The van der Waals surface area contributed by atoms with Gasteiger partial charge in [-0.1, -0.05) is 35.9 Å². The van der Waals surface area contributed by atoms with Gasteiger partial charge in [0.25, 0.3) is 0 Å². The lowest BCUT2D eigenvalue weighted by Crippen LogP contribution is -2.36. The number of nitrogens with zero attached hydrogens (tertiary/aromatic N) is 1. The Kier molecular flexibility index (Phi) is 6.08. The van der Waals surface area contributed by atoms with Gasteiger partial charge in [0.1, 0.15) is 5.75 Å². The third-order valence-electron chi connectivity index (χ3n) is 4.68. The average Bonchev–Trinajstić information content (AvgIpc) is 2.68. The second kappa shape index (κ2) is 8.16. The molecule has 2 aromatic carbocycles. The lowest BCUT2D eigenvalue weighted by Gasteiger charge is -2.28. The summed E-state index contributed by atoms with van der Waals surface area (Å²) in [6, 6.07) is 14.8. The Morgan fingerprint density at radius 2 is 1.67 bits per heavy atom. The molecule has 0 bridgehead atoms. The van der Waals surface area contributed by atoms with Crippen molar-refractivity contribution in [1.82, 2.24) is 4.31 Å². The normalized spacial score (nSPS) is 17.4. The highest BCUT2D eigenvalue weighted by Crippen LogP contribution is 2.34. The molecule has 4 nitrogen and oxygen atoms in total. The summed E-state index contributed by atoms with van der Waals surface area (Å²) in [6.45, 7) is 4.73. The quantitative estimate of drug-likeness (QED) is 0.573. The monoisotopic (exact) mass is 495 g/mol. The zero-order valence-electron chi connectivity index (χ0n) is 15.6. The summed E-state index contributed by atoms with van der Waals surface area (Å²) in [7, 11) is -1.89. The Balaban J connectivity index is 1.95. The Hall–Kier alpha value is -1.64. The van der Waals surface area contributed by atoms with Crippen molar-refractivity contribution in [3.63, 3.8) is 0 Å². The summed E-state index contributed by atoms with van der Waals surface area (Å²) >= 11 is 2.30. The molecule has 2 aromatic rings. The van der Waals surface area contributed by atoms with Gasteiger partial charge in [0.15, 0.2) is 0 Å². The molecular weight excluding hydrogens is 473 g/mol. The van der Waals surface area contributed by atoms with Crippen LogP contribution in [-0.4, -0.2) is 32.9 Å². The van der Waals surface area contributed by atoms with Gasteiger partial charge in [0, 0.05) is 16.7 Å². The minimum Gasteiger partial charge on any atom is -0.497 e. The predicted molar refractivity (Wildman–Crippen MR) is 118 cm³/mol. The van der Waals surface area contributed by atoms with E-state index in [9.17, 15) is 8.42 Å². The van der Waals surface area contributed by atoms with E-state index in [0.29, 0.717) is 18.0 Å².